The molecule has 0 aromatic heterocycles. The summed E-state index contributed by atoms with van der Waals surface area (Å²) < 4.78 is 6.37. The topological polar surface area (TPSA) is 92.9 Å². The Kier molecular flexibility index (Phi) is 8.37. The van der Waals surface area contributed by atoms with Crippen molar-refractivity contribution in [2.75, 3.05) is 13.2 Å². The Labute approximate surface area is 184 Å². The number of ether oxygens (including phenoxy) is 1. The minimum absolute atomic E-state index is 0.0624. The van der Waals surface area contributed by atoms with Gasteiger partial charge in [0, 0.05) is 28.7 Å². The predicted octanol–water partition coefficient (Wildman–Crippen LogP) is 5.26. The SMILES string of the molecule is CC(C)(C)N(CCCc1ccc(Br)cc1)C(=O)OC[C@H](O)c1ccc([N+](=O)[O-])cc1. The number of carbonyl (C=O) groups is 1. The van der Waals surface area contributed by atoms with E-state index < -0.39 is 22.7 Å². The number of hydrogen-bond donors (Lipinski definition) is 1. The monoisotopic (exact) mass is 478 g/mol. The van der Waals surface area contributed by atoms with Crippen LogP contribution in [0.5, 0.6) is 0 Å². The molecule has 0 saturated heterocycles. The van der Waals surface area contributed by atoms with Crippen LogP contribution in [-0.2, 0) is 11.2 Å². The molecule has 0 unspecified atom stereocenters. The van der Waals surface area contributed by atoms with Crippen molar-refractivity contribution in [1.82, 2.24) is 4.90 Å². The summed E-state index contributed by atoms with van der Waals surface area (Å²) in [6.45, 7) is 6.09. The maximum absolute atomic E-state index is 12.7. The quantitative estimate of drug-likeness (QED) is 0.412. The second kappa shape index (κ2) is 10.5. The maximum atomic E-state index is 12.7. The minimum atomic E-state index is -1.06. The van der Waals surface area contributed by atoms with Crippen LogP contribution < -0.4 is 0 Å². The van der Waals surface area contributed by atoms with Gasteiger partial charge in [0.25, 0.3) is 5.69 Å². The van der Waals surface area contributed by atoms with Crippen LogP contribution in [0.2, 0.25) is 0 Å². The van der Waals surface area contributed by atoms with Crippen molar-refractivity contribution in [3.05, 3.63) is 74.2 Å². The number of nitro benzene ring substituents is 1. The van der Waals surface area contributed by atoms with E-state index in [1.165, 1.54) is 29.8 Å². The van der Waals surface area contributed by atoms with Crippen LogP contribution in [0.1, 0.15) is 44.4 Å². The zero-order valence-corrected chi connectivity index (χ0v) is 19.0. The molecule has 2 rings (SSSR count). The molecule has 0 radical (unpaired) electrons. The van der Waals surface area contributed by atoms with Gasteiger partial charge in [-0.3, -0.25) is 10.1 Å². The van der Waals surface area contributed by atoms with Crippen LogP contribution in [0.4, 0.5) is 10.5 Å². The molecule has 0 aliphatic rings. The fourth-order valence-electron chi connectivity index (χ4n) is 2.94. The van der Waals surface area contributed by atoms with Crippen molar-refractivity contribution in [3.8, 4) is 0 Å². The van der Waals surface area contributed by atoms with Crippen molar-refractivity contribution in [1.29, 1.82) is 0 Å². The molecule has 162 valence electrons. The number of aliphatic hydroxyl groups excluding tert-OH is 1. The number of carbonyl (C=O) groups excluding carboxylic acids is 1. The highest BCUT2D eigenvalue weighted by Gasteiger charge is 2.28. The Morgan fingerprint density at radius 2 is 1.77 bits per heavy atom. The van der Waals surface area contributed by atoms with E-state index in [0.29, 0.717) is 12.1 Å². The molecule has 0 bridgehead atoms. The fourth-order valence-corrected chi connectivity index (χ4v) is 3.20. The normalized spacial score (nSPS) is 12.3. The van der Waals surface area contributed by atoms with E-state index >= 15 is 0 Å². The van der Waals surface area contributed by atoms with Gasteiger partial charge in [0.1, 0.15) is 12.7 Å². The van der Waals surface area contributed by atoms with Crippen molar-refractivity contribution in [2.45, 2.75) is 45.3 Å². The molecular formula is C22H27BrN2O5. The van der Waals surface area contributed by atoms with Crippen LogP contribution in [-0.4, -0.2) is 39.7 Å². The number of aliphatic hydroxyl groups is 1. The van der Waals surface area contributed by atoms with Crippen molar-refractivity contribution in [2.24, 2.45) is 0 Å². The lowest BCUT2D eigenvalue weighted by atomic mass is 10.0. The van der Waals surface area contributed by atoms with Gasteiger partial charge in [-0.15, -0.1) is 0 Å². The zero-order chi connectivity index (χ0) is 22.3. The van der Waals surface area contributed by atoms with E-state index in [9.17, 15) is 20.0 Å². The molecule has 0 spiro atoms. The molecule has 2 aromatic carbocycles. The Morgan fingerprint density at radius 1 is 1.17 bits per heavy atom. The molecule has 0 aliphatic heterocycles. The third-order valence-corrected chi connectivity index (χ3v) is 5.17. The summed E-state index contributed by atoms with van der Waals surface area (Å²) in [5.74, 6) is 0. The van der Waals surface area contributed by atoms with Crippen LogP contribution >= 0.6 is 15.9 Å². The third-order valence-electron chi connectivity index (χ3n) is 4.64. The second-order valence-electron chi connectivity index (χ2n) is 7.99. The molecule has 0 heterocycles. The number of nitro groups is 1. The standard InChI is InChI=1S/C22H27BrN2O5/c1-22(2,3)24(14-4-5-16-6-10-18(23)11-7-16)21(27)30-15-20(26)17-8-12-19(13-9-17)25(28)29/h6-13,20,26H,4-5,14-15H2,1-3H3/t20-/m0/s1. The van der Waals surface area contributed by atoms with E-state index in [1.54, 1.807) is 4.90 Å². The highest BCUT2D eigenvalue weighted by Crippen LogP contribution is 2.20. The number of halogens is 1. The first kappa shape index (κ1) is 23.8. The fraction of sp³-hybridized carbons (Fsp3) is 0.409. The van der Waals surface area contributed by atoms with E-state index in [4.69, 9.17) is 4.74 Å². The highest BCUT2D eigenvalue weighted by atomic mass is 79.9. The molecule has 7 nitrogen and oxygen atoms in total. The lowest BCUT2D eigenvalue weighted by molar-refractivity contribution is -0.384. The number of rotatable bonds is 8. The van der Waals surface area contributed by atoms with Gasteiger partial charge in [-0.25, -0.2) is 4.79 Å². The first-order valence-electron chi connectivity index (χ1n) is 9.69. The summed E-state index contributed by atoms with van der Waals surface area (Å²) >= 11 is 3.42. The summed E-state index contributed by atoms with van der Waals surface area (Å²) in [5, 5.41) is 21.0. The Hall–Kier alpha value is -2.45. The number of nitrogens with zero attached hydrogens (tertiary/aromatic N) is 2. The van der Waals surface area contributed by atoms with E-state index in [1.807, 2.05) is 45.0 Å². The Morgan fingerprint density at radius 3 is 2.30 bits per heavy atom. The highest BCUT2D eigenvalue weighted by molar-refractivity contribution is 9.10. The van der Waals surface area contributed by atoms with Crippen molar-refractivity contribution < 1.29 is 19.6 Å². The van der Waals surface area contributed by atoms with Gasteiger partial charge in [0.2, 0.25) is 0 Å². The molecular weight excluding hydrogens is 452 g/mol. The Balaban J connectivity index is 1.91. The van der Waals surface area contributed by atoms with Gasteiger partial charge < -0.3 is 14.7 Å². The number of aryl methyl sites for hydroxylation is 1. The van der Waals surface area contributed by atoms with E-state index in [0.717, 1.165) is 17.3 Å². The van der Waals surface area contributed by atoms with Gasteiger partial charge in [0.05, 0.1) is 4.92 Å². The van der Waals surface area contributed by atoms with Crippen molar-refractivity contribution in [3.63, 3.8) is 0 Å². The van der Waals surface area contributed by atoms with Gasteiger partial charge in [-0.05, 0) is 69.0 Å². The van der Waals surface area contributed by atoms with Gasteiger partial charge in [0.15, 0.2) is 0 Å². The molecule has 1 amide bonds. The first-order chi connectivity index (χ1) is 14.1. The summed E-state index contributed by atoms with van der Waals surface area (Å²) in [6.07, 6.45) is 0.0518. The lowest BCUT2D eigenvalue weighted by Crippen LogP contribution is -2.46. The molecule has 30 heavy (non-hydrogen) atoms. The summed E-state index contributed by atoms with van der Waals surface area (Å²) in [5.41, 5.74) is 1.14. The van der Waals surface area contributed by atoms with Gasteiger partial charge >= 0.3 is 6.09 Å². The maximum Gasteiger partial charge on any atom is 0.410 e. The molecule has 8 heteroatoms. The summed E-state index contributed by atoms with van der Waals surface area (Å²) in [6, 6.07) is 13.6. The summed E-state index contributed by atoms with van der Waals surface area (Å²) in [7, 11) is 0. The van der Waals surface area contributed by atoms with Gasteiger partial charge in [-0.2, -0.15) is 0 Å². The molecule has 0 fully saturated rings. The van der Waals surface area contributed by atoms with Gasteiger partial charge in [-0.1, -0.05) is 28.1 Å². The van der Waals surface area contributed by atoms with Crippen LogP contribution in [0.25, 0.3) is 0 Å². The average Bonchev–Trinajstić information content (AvgIpc) is 2.69. The number of amides is 1. The van der Waals surface area contributed by atoms with Crippen LogP contribution in [0, 0.1) is 10.1 Å². The number of hydrogen-bond acceptors (Lipinski definition) is 5. The van der Waals surface area contributed by atoms with Crippen molar-refractivity contribution >= 4 is 27.7 Å². The summed E-state index contributed by atoms with van der Waals surface area (Å²) in [4.78, 5) is 24.5. The van der Waals surface area contributed by atoms with E-state index in [2.05, 4.69) is 15.9 Å². The van der Waals surface area contributed by atoms with Crippen LogP contribution in [0.3, 0.4) is 0 Å². The first-order valence-corrected chi connectivity index (χ1v) is 10.5. The van der Waals surface area contributed by atoms with E-state index in [-0.39, 0.29) is 12.3 Å². The molecule has 2 aromatic rings. The average molecular weight is 479 g/mol. The molecule has 0 saturated carbocycles. The molecule has 1 atom stereocenters. The third kappa shape index (κ3) is 7.11. The Bertz CT molecular complexity index is 847. The molecule has 0 aliphatic carbocycles. The minimum Gasteiger partial charge on any atom is -0.446 e. The smallest absolute Gasteiger partial charge is 0.410 e. The predicted molar refractivity (Wildman–Crippen MR) is 118 cm³/mol. The van der Waals surface area contributed by atoms with Crippen LogP contribution in [0.15, 0.2) is 53.0 Å². The number of benzene rings is 2. The zero-order valence-electron chi connectivity index (χ0n) is 17.4. The lowest BCUT2D eigenvalue weighted by Gasteiger charge is -2.35. The second-order valence-corrected chi connectivity index (χ2v) is 8.91. The largest absolute Gasteiger partial charge is 0.446 e. The molecule has 1 N–H and O–H groups in total. The number of non-ortho nitro benzene ring substituents is 1.